The van der Waals surface area contributed by atoms with E-state index >= 15 is 0 Å². The third-order valence-electron chi connectivity index (χ3n) is 4.60. The van der Waals surface area contributed by atoms with E-state index in [1.165, 1.54) is 11.8 Å². The number of hydrogen-bond donors (Lipinski definition) is 1. The van der Waals surface area contributed by atoms with Crippen molar-refractivity contribution in [1.29, 1.82) is 0 Å². The largest absolute Gasteiger partial charge is 0.354 e. The number of benzene rings is 2. The molecule has 0 fully saturated rings. The molecule has 0 aromatic heterocycles. The van der Waals surface area contributed by atoms with Gasteiger partial charge in [0.1, 0.15) is 6.04 Å². The Labute approximate surface area is 203 Å². The zero-order valence-electron chi connectivity index (χ0n) is 17.8. The van der Waals surface area contributed by atoms with Crippen LogP contribution in [0.3, 0.4) is 0 Å². The number of nitrogens with one attached hydrogen (secondary N) is 1. The molecule has 0 spiro atoms. The first-order valence-corrected chi connectivity index (χ1v) is 12.3. The van der Waals surface area contributed by atoms with E-state index in [2.05, 4.69) is 5.32 Å². The van der Waals surface area contributed by atoms with Crippen molar-refractivity contribution in [2.75, 3.05) is 12.3 Å². The highest BCUT2D eigenvalue weighted by atomic mass is 35.5. The van der Waals surface area contributed by atoms with Gasteiger partial charge in [-0.3, -0.25) is 9.59 Å². The van der Waals surface area contributed by atoms with Crippen LogP contribution in [-0.4, -0.2) is 35.1 Å². The van der Waals surface area contributed by atoms with Gasteiger partial charge in [0.15, 0.2) is 0 Å². The molecule has 0 aliphatic carbocycles. The average Bonchev–Trinajstić information content (AvgIpc) is 2.73. The zero-order valence-corrected chi connectivity index (χ0v) is 20.9. The maximum Gasteiger partial charge on any atom is 0.242 e. The molecule has 31 heavy (non-hydrogen) atoms. The summed E-state index contributed by atoms with van der Waals surface area (Å²) in [6, 6.07) is 12.2. The van der Waals surface area contributed by atoms with Crippen LogP contribution in [-0.2, 0) is 21.9 Å². The Morgan fingerprint density at radius 3 is 2.23 bits per heavy atom. The zero-order chi connectivity index (χ0) is 23.0. The van der Waals surface area contributed by atoms with Gasteiger partial charge in [-0.1, -0.05) is 66.8 Å². The molecular weight excluding hydrogens is 475 g/mol. The van der Waals surface area contributed by atoms with Crippen molar-refractivity contribution in [2.24, 2.45) is 5.92 Å². The second kappa shape index (κ2) is 12.6. The Morgan fingerprint density at radius 2 is 1.61 bits per heavy atom. The second-order valence-electron chi connectivity index (χ2n) is 7.70. The molecule has 0 bridgehead atoms. The van der Waals surface area contributed by atoms with Gasteiger partial charge in [0, 0.05) is 23.9 Å². The third kappa shape index (κ3) is 8.57. The van der Waals surface area contributed by atoms with Crippen LogP contribution < -0.4 is 5.32 Å². The lowest BCUT2D eigenvalue weighted by Crippen LogP contribution is -2.48. The first-order valence-electron chi connectivity index (χ1n) is 10.0. The lowest BCUT2D eigenvalue weighted by molar-refractivity contribution is -0.138. The highest BCUT2D eigenvalue weighted by Crippen LogP contribution is 2.24. The summed E-state index contributed by atoms with van der Waals surface area (Å²) < 4.78 is 0. The van der Waals surface area contributed by atoms with Gasteiger partial charge in [-0.15, -0.1) is 11.8 Å². The minimum Gasteiger partial charge on any atom is -0.354 e. The fraction of sp³-hybridized carbons (Fsp3) is 0.391. The fourth-order valence-corrected chi connectivity index (χ4v) is 4.11. The van der Waals surface area contributed by atoms with Crippen LogP contribution in [0.2, 0.25) is 15.1 Å². The fourth-order valence-electron chi connectivity index (χ4n) is 2.79. The van der Waals surface area contributed by atoms with E-state index in [0.29, 0.717) is 33.3 Å². The number of amides is 2. The molecule has 8 heteroatoms. The first-order chi connectivity index (χ1) is 14.7. The van der Waals surface area contributed by atoms with Crippen LogP contribution in [0, 0.1) is 5.92 Å². The average molecular weight is 502 g/mol. The Balaban J connectivity index is 2.08. The molecule has 0 saturated carbocycles. The Bertz CT molecular complexity index is 891. The monoisotopic (exact) mass is 500 g/mol. The van der Waals surface area contributed by atoms with Crippen LogP contribution >= 0.6 is 46.6 Å². The summed E-state index contributed by atoms with van der Waals surface area (Å²) in [7, 11) is 0. The molecule has 2 aromatic carbocycles. The number of carbonyl (C=O) groups is 2. The third-order valence-corrected chi connectivity index (χ3v) is 6.58. The summed E-state index contributed by atoms with van der Waals surface area (Å²) in [4.78, 5) is 27.3. The van der Waals surface area contributed by atoms with Crippen LogP contribution in [0.15, 0.2) is 42.5 Å². The smallest absolute Gasteiger partial charge is 0.242 e. The highest BCUT2D eigenvalue weighted by molar-refractivity contribution is 7.99. The van der Waals surface area contributed by atoms with Crippen LogP contribution in [0.1, 0.15) is 31.9 Å². The summed E-state index contributed by atoms with van der Waals surface area (Å²) in [5, 5.41) is 4.46. The standard InChI is InChI=1S/C23H27Cl3N2O2S/c1-15(2)11-27-23(30)16(3)28(12-18-6-9-20(25)21(26)10-18)22(29)14-31-13-17-4-7-19(24)8-5-17/h4-10,15-16H,11-14H2,1-3H3,(H,27,30)/t16-/m1/s1. The summed E-state index contributed by atoms with van der Waals surface area (Å²) in [5.74, 6) is 0.968. The van der Waals surface area contributed by atoms with E-state index in [1.807, 2.05) is 44.2 Å². The normalized spacial score (nSPS) is 12.0. The van der Waals surface area contributed by atoms with E-state index < -0.39 is 6.04 Å². The second-order valence-corrected chi connectivity index (χ2v) is 9.94. The van der Waals surface area contributed by atoms with Crippen molar-refractivity contribution >= 4 is 58.4 Å². The summed E-state index contributed by atoms with van der Waals surface area (Å²) >= 11 is 19.6. The summed E-state index contributed by atoms with van der Waals surface area (Å²) in [6.45, 7) is 6.62. The number of hydrogen-bond acceptors (Lipinski definition) is 3. The van der Waals surface area contributed by atoms with Crippen molar-refractivity contribution in [3.63, 3.8) is 0 Å². The minimum atomic E-state index is -0.614. The number of halogens is 3. The Kier molecular flexibility index (Phi) is 10.5. The van der Waals surface area contributed by atoms with E-state index in [-0.39, 0.29) is 24.1 Å². The van der Waals surface area contributed by atoms with Gasteiger partial charge < -0.3 is 10.2 Å². The predicted molar refractivity (Wildman–Crippen MR) is 132 cm³/mol. The van der Waals surface area contributed by atoms with E-state index in [9.17, 15) is 9.59 Å². The number of thioether (sulfide) groups is 1. The maximum absolute atomic E-state index is 13.1. The predicted octanol–water partition coefficient (Wildman–Crippen LogP) is 6.07. The molecule has 0 unspecified atom stereocenters. The molecular formula is C23H27Cl3N2O2S. The molecule has 1 atom stereocenters. The van der Waals surface area contributed by atoms with Crippen molar-refractivity contribution < 1.29 is 9.59 Å². The summed E-state index contributed by atoms with van der Waals surface area (Å²) in [5.41, 5.74) is 1.90. The van der Waals surface area contributed by atoms with Crippen molar-refractivity contribution in [1.82, 2.24) is 10.2 Å². The first kappa shape index (κ1) is 25.9. The van der Waals surface area contributed by atoms with Gasteiger partial charge in [0.05, 0.1) is 15.8 Å². The van der Waals surface area contributed by atoms with E-state index in [4.69, 9.17) is 34.8 Å². The topological polar surface area (TPSA) is 49.4 Å². The van der Waals surface area contributed by atoms with Crippen LogP contribution in [0.5, 0.6) is 0 Å². The molecule has 0 radical (unpaired) electrons. The van der Waals surface area contributed by atoms with Crippen molar-refractivity contribution in [3.05, 3.63) is 68.7 Å². The molecule has 168 valence electrons. The van der Waals surface area contributed by atoms with Crippen molar-refractivity contribution in [3.8, 4) is 0 Å². The number of nitrogens with zero attached hydrogens (tertiary/aromatic N) is 1. The van der Waals surface area contributed by atoms with Crippen LogP contribution in [0.25, 0.3) is 0 Å². The molecule has 0 aliphatic rings. The van der Waals surface area contributed by atoms with Gasteiger partial charge in [0.2, 0.25) is 11.8 Å². The molecule has 0 heterocycles. The summed E-state index contributed by atoms with van der Waals surface area (Å²) in [6.07, 6.45) is 0. The molecule has 2 aromatic rings. The lowest BCUT2D eigenvalue weighted by Gasteiger charge is -2.29. The van der Waals surface area contributed by atoms with Crippen LogP contribution in [0.4, 0.5) is 0 Å². The molecule has 0 aliphatic heterocycles. The van der Waals surface area contributed by atoms with E-state index in [1.54, 1.807) is 24.0 Å². The number of rotatable bonds is 10. The number of carbonyl (C=O) groups excluding carboxylic acids is 2. The highest BCUT2D eigenvalue weighted by Gasteiger charge is 2.26. The SMILES string of the molecule is CC(C)CNC(=O)[C@@H](C)N(Cc1ccc(Cl)c(Cl)c1)C(=O)CSCc1ccc(Cl)cc1. The van der Waals surface area contributed by atoms with Crippen molar-refractivity contribution in [2.45, 2.75) is 39.1 Å². The van der Waals surface area contributed by atoms with E-state index in [0.717, 1.165) is 11.1 Å². The van der Waals surface area contributed by atoms with Gasteiger partial charge in [-0.05, 0) is 48.2 Å². The van der Waals surface area contributed by atoms with Gasteiger partial charge in [-0.25, -0.2) is 0 Å². The quantitative estimate of drug-likeness (QED) is 0.430. The van der Waals surface area contributed by atoms with Gasteiger partial charge in [-0.2, -0.15) is 0 Å². The Hall–Kier alpha value is -1.40. The Morgan fingerprint density at radius 1 is 0.968 bits per heavy atom. The minimum absolute atomic E-state index is 0.114. The molecule has 4 nitrogen and oxygen atoms in total. The lowest BCUT2D eigenvalue weighted by atomic mass is 10.1. The molecule has 0 saturated heterocycles. The molecule has 1 N–H and O–H groups in total. The maximum atomic E-state index is 13.1. The molecule has 2 amide bonds. The van der Waals surface area contributed by atoms with Gasteiger partial charge >= 0.3 is 0 Å². The van der Waals surface area contributed by atoms with Gasteiger partial charge in [0.25, 0.3) is 0 Å². The molecule has 2 rings (SSSR count).